The molecule has 3 N–H and O–H groups in total. The van der Waals surface area contributed by atoms with Crippen LogP contribution in [0.2, 0.25) is 10.0 Å². The summed E-state index contributed by atoms with van der Waals surface area (Å²) in [7, 11) is 0. The first kappa shape index (κ1) is 21.0. The van der Waals surface area contributed by atoms with Gasteiger partial charge in [-0.1, -0.05) is 54.2 Å². The second-order valence-corrected chi connectivity index (χ2v) is 8.86. The molecule has 150 valence electrons. The van der Waals surface area contributed by atoms with E-state index < -0.39 is 17.2 Å². The van der Waals surface area contributed by atoms with E-state index in [4.69, 9.17) is 28.9 Å². The molecule has 1 fully saturated rings. The molecule has 3 amide bonds. The number of rotatable bonds is 5. The van der Waals surface area contributed by atoms with E-state index in [0.29, 0.717) is 21.0 Å². The molecule has 1 aromatic heterocycles. The molecule has 1 heterocycles. The molecule has 1 aliphatic rings. The van der Waals surface area contributed by atoms with Crippen molar-refractivity contribution in [2.45, 2.75) is 55.5 Å². The van der Waals surface area contributed by atoms with Gasteiger partial charge < -0.3 is 5.73 Å². The number of imide groups is 1. The van der Waals surface area contributed by atoms with E-state index in [1.165, 1.54) is 18.2 Å². The lowest BCUT2D eigenvalue weighted by atomic mass is 9.95. The summed E-state index contributed by atoms with van der Waals surface area (Å²) < 4.78 is 2.06. The SMILES string of the molecule is CC(Sc1nnc(-c2ccc(Cl)cc2Cl)n1C1CCCCC1)C(=O)NC(N)=O. The molecule has 1 aliphatic carbocycles. The monoisotopic (exact) mass is 441 g/mol. The Hall–Kier alpha value is -1.77. The van der Waals surface area contributed by atoms with Crippen LogP contribution in [0.4, 0.5) is 4.79 Å². The average molecular weight is 442 g/mol. The maximum atomic E-state index is 12.1. The summed E-state index contributed by atoms with van der Waals surface area (Å²) in [6.07, 6.45) is 5.46. The minimum absolute atomic E-state index is 0.222. The fourth-order valence-electron chi connectivity index (χ4n) is 3.31. The van der Waals surface area contributed by atoms with Gasteiger partial charge in [0.15, 0.2) is 11.0 Å². The second-order valence-electron chi connectivity index (χ2n) is 6.71. The lowest BCUT2D eigenvalue weighted by Gasteiger charge is -2.26. The summed E-state index contributed by atoms with van der Waals surface area (Å²) in [5.41, 5.74) is 5.78. The summed E-state index contributed by atoms with van der Waals surface area (Å²) in [5.74, 6) is 0.181. The molecule has 0 radical (unpaired) electrons. The zero-order valence-corrected chi connectivity index (χ0v) is 17.7. The molecule has 0 bridgehead atoms. The number of nitrogens with two attached hydrogens (primary N) is 1. The number of primary amides is 1. The first-order chi connectivity index (χ1) is 13.4. The van der Waals surface area contributed by atoms with Crippen molar-refractivity contribution in [2.24, 2.45) is 5.73 Å². The van der Waals surface area contributed by atoms with Gasteiger partial charge in [-0.2, -0.15) is 0 Å². The Morgan fingerprint density at radius 3 is 2.61 bits per heavy atom. The highest BCUT2D eigenvalue weighted by Gasteiger charge is 2.27. The standard InChI is InChI=1S/C18H21Cl2N5O2S/c1-10(16(26)22-17(21)27)28-18-24-23-15(13-8-7-11(19)9-14(13)20)25(18)12-5-3-2-4-6-12/h7-10,12H,2-6H2,1H3,(H3,21,22,26,27). The Morgan fingerprint density at radius 1 is 1.25 bits per heavy atom. The molecule has 1 saturated carbocycles. The van der Waals surface area contributed by atoms with Crippen molar-refractivity contribution >= 4 is 46.9 Å². The van der Waals surface area contributed by atoms with E-state index in [0.717, 1.165) is 31.2 Å². The maximum absolute atomic E-state index is 12.1. The summed E-state index contributed by atoms with van der Waals surface area (Å²) >= 11 is 13.7. The summed E-state index contributed by atoms with van der Waals surface area (Å²) in [5, 5.41) is 11.9. The Bertz CT molecular complexity index is 883. The van der Waals surface area contributed by atoms with Gasteiger partial charge in [-0.05, 0) is 38.0 Å². The van der Waals surface area contributed by atoms with Crippen LogP contribution in [0.3, 0.4) is 0 Å². The van der Waals surface area contributed by atoms with Gasteiger partial charge in [0.2, 0.25) is 5.91 Å². The number of nitrogens with one attached hydrogen (secondary N) is 1. The molecular weight excluding hydrogens is 421 g/mol. The predicted molar refractivity (Wildman–Crippen MR) is 111 cm³/mol. The van der Waals surface area contributed by atoms with Crippen LogP contribution >= 0.6 is 35.0 Å². The summed E-state index contributed by atoms with van der Waals surface area (Å²) in [4.78, 5) is 23.0. The van der Waals surface area contributed by atoms with Crippen LogP contribution in [0, 0.1) is 0 Å². The van der Waals surface area contributed by atoms with Crippen molar-refractivity contribution in [3.8, 4) is 11.4 Å². The topological polar surface area (TPSA) is 103 Å². The quantitative estimate of drug-likeness (QED) is 0.667. The van der Waals surface area contributed by atoms with Gasteiger partial charge in [-0.15, -0.1) is 10.2 Å². The van der Waals surface area contributed by atoms with Gasteiger partial charge in [0.1, 0.15) is 0 Å². The average Bonchev–Trinajstić information content (AvgIpc) is 3.05. The number of aromatic nitrogens is 3. The highest BCUT2D eigenvalue weighted by molar-refractivity contribution is 8.00. The third-order valence-electron chi connectivity index (χ3n) is 4.67. The highest BCUT2D eigenvalue weighted by atomic mass is 35.5. The molecule has 1 unspecified atom stereocenters. The van der Waals surface area contributed by atoms with Gasteiger partial charge in [0.05, 0.1) is 10.3 Å². The number of halogens is 2. The van der Waals surface area contributed by atoms with E-state index in [2.05, 4.69) is 20.1 Å². The first-order valence-corrected chi connectivity index (χ1v) is 10.7. The van der Waals surface area contributed by atoms with Gasteiger partial charge in [-0.3, -0.25) is 14.7 Å². The van der Waals surface area contributed by atoms with Crippen molar-refractivity contribution < 1.29 is 9.59 Å². The molecule has 7 nitrogen and oxygen atoms in total. The largest absolute Gasteiger partial charge is 0.351 e. The Labute approximate surface area is 177 Å². The normalized spacial score (nSPS) is 16.0. The van der Waals surface area contributed by atoms with E-state index in [1.54, 1.807) is 19.1 Å². The molecule has 3 rings (SSSR count). The minimum atomic E-state index is -0.875. The minimum Gasteiger partial charge on any atom is -0.351 e. The Balaban J connectivity index is 1.97. The van der Waals surface area contributed by atoms with Crippen LogP contribution in [-0.2, 0) is 4.79 Å². The first-order valence-electron chi connectivity index (χ1n) is 9.04. The molecule has 1 aromatic carbocycles. The van der Waals surface area contributed by atoms with Crippen LogP contribution in [0.25, 0.3) is 11.4 Å². The molecule has 0 saturated heterocycles. The van der Waals surface area contributed by atoms with E-state index in [9.17, 15) is 9.59 Å². The van der Waals surface area contributed by atoms with Gasteiger partial charge in [0.25, 0.3) is 0 Å². The van der Waals surface area contributed by atoms with Gasteiger partial charge >= 0.3 is 6.03 Å². The smallest absolute Gasteiger partial charge is 0.318 e. The predicted octanol–water partition coefficient (Wildman–Crippen LogP) is 4.43. The number of hydrogen-bond donors (Lipinski definition) is 2. The number of hydrogen-bond acceptors (Lipinski definition) is 5. The lowest BCUT2D eigenvalue weighted by Crippen LogP contribution is -2.39. The molecule has 0 spiro atoms. The van der Waals surface area contributed by atoms with Crippen molar-refractivity contribution in [1.29, 1.82) is 0 Å². The number of urea groups is 1. The second kappa shape index (κ2) is 9.15. The number of amides is 3. The van der Waals surface area contributed by atoms with Crippen LogP contribution in [0.15, 0.2) is 23.4 Å². The molecule has 0 aliphatic heterocycles. The lowest BCUT2D eigenvalue weighted by molar-refractivity contribution is -0.119. The van der Waals surface area contributed by atoms with E-state index >= 15 is 0 Å². The summed E-state index contributed by atoms with van der Waals surface area (Å²) in [6, 6.07) is 4.61. The van der Waals surface area contributed by atoms with Crippen LogP contribution < -0.4 is 11.1 Å². The third kappa shape index (κ3) is 4.79. The van der Waals surface area contributed by atoms with E-state index in [-0.39, 0.29) is 6.04 Å². The molecule has 1 atom stereocenters. The van der Waals surface area contributed by atoms with Crippen LogP contribution in [0.5, 0.6) is 0 Å². The van der Waals surface area contributed by atoms with Gasteiger partial charge in [-0.25, -0.2) is 4.79 Å². The third-order valence-corrected chi connectivity index (χ3v) is 6.28. The van der Waals surface area contributed by atoms with Crippen molar-refractivity contribution in [2.75, 3.05) is 0 Å². The Morgan fingerprint density at radius 2 is 1.96 bits per heavy atom. The van der Waals surface area contributed by atoms with Crippen molar-refractivity contribution in [3.05, 3.63) is 28.2 Å². The molecule has 10 heteroatoms. The zero-order chi connectivity index (χ0) is 20.3. The molecule has 28 heavy (non-hydrogen) atoms. The fraction of sp³-hybridized carbons (Fsp3) is 0.444. The number of carbonyl (C=O) groups excluding carboxylic acids is 2. The number of benzene rings is 1. The van der Waals surface area contributed by atoms with Gasteiger partial charge in [0, 0.05) is 16.6 Å². The van der Waals surface area contributed by atoms with Crippen molar-refractivity contribution in [3.63, 3.8) is 0 Å². The highest BCUT2D eigenvalue weighted by Crippen LogP contribution is 2.38. The van der Waals surface area contributed by atoms with Crippen LogP contribution in [0.1, 0.15) is 45.1 Å². The van der Waals surface area contributed by atoms with E-state index in [1.807, 2.05) is 6.07 Å². The fourth-order valence-corrected chi connectivity index (χ4v) is 4.73. The number of thioether (sulfide) groups is 1. The molecular formula is C18H21Cl2N5O2S. The van der Waals surface area contributed by atoms with Crippen molar-refractivity contribution in [1.82, 2.24) is 20.1 Å². The summed E-state index contributed by atoms with van der Waals surface area (Å²) in [6.45, 7) is 1.69. The maximum Gasteiger partial charge on any atom is 0.318 e. The Kier molecular flexibility index (Phi) is 6.85. The number of carbonyl (C=O) groups is 2. The van der Waals surface area contributed by atoms with Crippen LogP contribution in [-0.4, -0.2) is 32.0 Å². The molecule has 2 aromatic rings. The number of nitrogens with zero attached hydrogens (tertiary/aromatic N) is 3. The zero-order valence-electron chi connectivity index (χ0n) is 15.3.